The van der Waals surface area contributed by atoms with Gasteiger partial charge in [-0.2, -0.15) is 4.79 Å². The van der Waals surface area contributed by atoms with Crippen LogP contribution in [0.15, 0.2) is 70.1 Å². The summed E-state index contributed by atoms with van der Waals surface area (Å²) in [7, 11) is 0. The molecule has 0 amide bonds. The molecule has 0 aliphatic rings. The molecule has 0 aliphatic heterocycles. The maximum absolute atomic E-state index is 12.4. The van der Waals surface area contributed by atoms with Crippen LogP contribution in [0, 0.1) is 6.92 Å². The van der Waals surface area contributed by atoms with E-state index in [0.29, 0.717) is 5.58 Å². The normalized spacial score (nSPS) is 11.1. The molecule has 4 nitrogen and oxygen atoms in total. The highest BCUT2D eigenvalue weighted by atomic mass is 16.4. The SMILES string of the molecule is Cc1cccc2c[n+](-c3cccc4cccnc34)c(=O)oc12. The van der Waals surface area contributed by atoms with Gasteiger partial charge in [-0.3, -0.25) is 0 Å². The molecule has 0 fully saturated rings. The highest BCUT2D eigenvalue weighted by Crippen LogP contribution is 2.18. The maximum atomic E-state index is 12.4. The van der Waals surface area contributed by atoms with E-state index < -0.39 is 5.76 Å². The van der Waals surface area contributed by atoms with Crippen LogP contribution in [-0.4, -0.2) is 4.98 Å². The number of hydrogen-bond donors (Lipinski definition) is 0. The zero-order chi connectivity index (χ0) is 15.1. The van der Waals surface area contributed by atoms with Crippen molar-refractivity contribution < 1.29 is 8.98 Å². The van der Waals surface area contributed by atoms with Crippen molar-refractivity contribution in [2.75, 3.05) is 0 Å². The van der Waals surface area contributed by atoms with E-state index in [9.17, 15) is 4.79 Å². The van der Waals surface area contributed by atoms with Crippen molar-refractivity contribution in [3.63, 3.8) is 0 Å². The number of pyridine rings is 1. The number of para-hydroxylation sites is 2. The van der Waals surface area contributed by atoms with Gasteiger partial charge in [0.25, 0.3) is 0 Å². The fourth-order valence-corrected chi connectivity index (χ4v) is 2.69. The molecule has 4 rings (SSSR count). The van der Waals surface area contributed by atoms with Crippen LogP contribution in [0.2, 0.25) is 0 Å². The van der Waals surface area contributed by atoms with Gasteiger partial charge in [0, 0.05) is 17.6 Å². The Morgan fingerprint density at radius 3 is 2.68 bits per heavy atom. The van der Waals surface area contributed by atoms with Crippen LogP contribution in [-0.2, 0) is 0 Å². The van der Waals surface area contributed by atoms with Gasteiger partial charge >= 0.3 is 5.76 Å². The molecule has 2 aromatic carbocycles. The zero-order valence-electron chi connectivity index (χ0n) is 12.0. The quantitative estimate of drug-likeness (QED) is 0.506. The fraction of sp³-hybridized carbons (Fsp3) is 0.0556. The lowest BCUT2D eigenvalue weighted by Gasteiger charge is -2.01. The van der Waals surface area contributed by atoms with E-state index >= 15 is 0 Å². The Bertz CT molecular complexity index is 1060. The highest BCUT2D eigenvalue weighted by molar-refractivity contribution is 5.84. The molecular weight excluding hydrogens is 276 g/mol. The van der Waals surface area contributed by atoms with Gasteiger partial charge in [-0.05, 0) is 24.6 Å². The van der Waals surface area contributed by atoms with E-state index in [1.165, 1.54) is 4.57 Å². The second-order valence-corrected chi connectivity index (χ2v) is 5.21. The third kappa shape index (κ3) is 1.89. The first-order valence-electron chi connectivity index (χ1n) is 7.03. The summed E-state index contributed by atoms with van der Waals surface area (Å²) in [5.74, 6) is -0.417. The Balaban J connectivity index is 2.09. The first kappa shape index (κ1) is 12.7. The summed E-state index contributed by atoms with van der Waals surface area (Å²) in [6.45, 7) is 1.93. The van der Waals surface area contributed by atoms with Gasteiger partial charge in [-0.1, -0.05) is 34.9 Å². The molecule has 0 spiro atoms. The van der Waals surface area contributed by atoms with Gasteiger partial charge in [0.2, 0.25) is 5.69 Å². The Labute approximate surface area is 126 Å². The molecule has 4 aromatic rings. The molecule has 0 atom stereocenters. The lowest BCUT2D eigenvalue weighted by atomic mass is 10.1. The monoisotopic (exact) mass is 289 g/mol. The first-order valence-corrected chi connectivity index (χ1v) is 7.03. The number of nitrogens with zero attached hydrogens (tertiary/aromatic N) is 2. The number of aromatic nitrogens is 2. The van der Waals surface area contributed by atoms with Crippen molar-refractivity contribution in [3.8, 4) is 5.69 Å². The highest BCUT2D eigenvalue weighted by Gasteiger charge is 2.19. The fourth-order valence-electron chi connectivity index (χ4n) is 2.69. The molecule has 0 saturated carbocycles. The number of aryl methyl sites for hydroxylation is 1. The molecular formula is C18H13N2O2+. The van der Waals surface area contributed by atoms with Crippen LogP contribution in [0.1, 0.15) is 5.56 Å². The molecule has 0 aliphatic carbocycles. The van der Waals surface area contributed by atoms with Gasteiger partial charge in [0.1, 0.15) is 5.52 Å². The Morgan fingerprint density at radius 1 is 1.00 bits per heavy atom. The minimum atomic E-state index is -0.417. The first-order chi connectivity index (χ1) is 10.7. The van der Waals surface area contributed by atoms with Gasteiger partial charge in [-0.15, -0.1) is 0 Å². The molecule has 0 radical (unpaired) electrons. The Hall–Kier alpha value is -3.01. The molecule has 0 unspecified atom stereocenters. The van der Waals surface area contributed by atoms with Gasteiger partial charge in [0.05, 0.1) is 5.39 Å². The summed E-state index contributed by atoms with van der Waals surface area (Å²) in [4.78, 5) is 16.8. The van der Waals surface area contributed by atoms with Crippen molar-refractivity contribution in [3.05, 3.63) is 77.0 Å². The van der Waals surface area contributed by atoms with Crippen LogP contribution < -0.4 is 10.3 Å². The summed E-state index contributed by atoms with van der Waals surface area (Å²) in [5, 5.41) is 1.86. The molecule has 0 bridgehead atoms. The standard InChI is InChI=1S/C18H13N2O2/c1-12-5-2-7-14-11-20(18(21)22-17(12)14)15-9-3-6-13-8-4-10-19-16(13)15/h2-11H,1H3/q+1. The second kappa shape index (κ2) is 4.77. The molecule has 2 aromatic heterocycles. The van der Waals surface area contributed by atoms with Crippen molar-refractivity contribution >= 4 is 21.9 Å². The van der Waals surface area contributed by atoms with Crippen LogP contribution in [0.3, 0.4) is 0 Å². The molecule has 2 heterocycles. The lowest BCUT2D eigenvalue weighted by molar-refractivity contribution is -0.621. The van der Waals surface area contributed by atoms with Crippen LogP contribution in [0.5, 0.6) is 0 Å². The second-order valence-electron chi connectivity index (χ2n) is 5.21. The van der Waals surface area contributed by atoms with E-state index in [-0.39, 0.29) is 0 Å². The lowest BCUT2D eigenvalue weighted by Crippen LogP contribution is -2.47. The summed E-state index contributed by atoms with van der Waals surface area (Å²) >= 11 is 0. The summed E-state index contributed by atoms with van der Waals surface area (Å²) in [6.07, 6.45) is 3.52. The van der Waals surface area contributed by atoms with E-state index in [0.717, 1.165) is 27.5 Å². The summed E-state index contributed by atoms with van der Waals surface area (Å²) in [5.41, 5.74) is 3.05. The van der Waals surface area contributed by atoms with Crippen molar-refractivity contribution in [2.24, 2.45) is 0 Å². The maximum Gasteiger partial charge on any atom is 0.608 e. The Kier molecular flexibility index (Phi) is 2.76. The number of fused-ring (bicyclic) bond motifs is 2. The third-order valence-corrected chi connectivity index (χ3v) is 3.77. The minimum absolute atomic E-state index is 0.417. The summed E-state index contributed by atoms with van der Waals surface area (Å²) in [6, 6.07) is 15.4. The van der Waals surface area contributed by atoms with Crippen molar-refractivity contribution in [1.29, 1.82) is 0 Å². The molecule has 0 saturated heterocycles. The topological polar surface area (TPSA) is 47.0 Å². The van der Waals surface area contributed by atoms with Gasteiger partial charge in [0.15, 0.2) is 11.8 Å². The van der Waals surface area contributed by atoms with E-state index in [1.54, 1.807) is 12.4 Å². The number of benzene rings is 2. The van der Waals surface area contributed by atoms with E-state index in [1.807, 2.05) is 55.5 Å². The van der Waals surface area contributed by atoms with Crippen LogP contribution in [0.25, 0.3) is 27.6 Å². The van der Waals surface area contributed by atoms with Crippen LogP contribution in [0.4, 0.5) is 0 Å². The van der Waals surface area contributed by atoms with Gasteiger partial charge in [-0.25, -0.2) is 4.98 Å². The zero-order valence-corrected chi connectivity index (χ0v) is 12.0. The minimum Gasteiger partial charge on any atom is -0.371 e. The average Bonchev–Trinajstić information content (AvgIpc) is 2.55. The molecule has 106 valence electrons. The van der Waals surface area contributed by atoms with E-state index in [4.69, 9.17) is 4.42 Å². The van der Waals surface area contributed by atoms with Crippen molar-refractivity contribution in [1.82, 2.24) is 4.98 Å². The predicted octanol–water partition coefficient (Wildman–Crippen LogP) is 2.93. The van der Waals surface area contributed by atoms with Crippen molar-refractivity contribution in [2.45, 2.75) is 6.92 Å². The Morgan fingerprint density at radius 2 is 1.77 bits per heavy atom. The summed E-state index contributed by atoms with van der Waals surface area (Å²) < 4.78 is 7.02. The smallest absolute Gasteiger partial charge is 0.371 e. The molecule has 4 heteroatoms. The predicted molar refractivity (Wildman–Crippen MR) is 84.1 cm³/mol. The largest absolute Gasteiger partial charge is 0.608 e. The molecule has 0 N–H and O–H groups in total. The van der Waals surface area contributed by atoms with Gasteiger partial charge < -0.3 is 4.42 Å². The van der Waals surface area contributed by atoms with E-state index in [2.05, 4.69) is 4.98 Å². The average molecular weight is 289 g/mol. The van der Waals surface area contributed by atoms with Crippen LogP contribution >= 0.6 is 0 Å². The third-order valence-electron chi connectivity index (χ3n) is 3.77. The molecule has 22 heavy (non-hydrogen) atoms. The number of hydrogen-bond acceptors (Lipinski definition) is 3. The number of rotatable bonds is 1.